The van der Waals surface area contributed by atoms with E-state index < -0.39 is 41.1 Å². The molecule has 6 aromatic carbocycles. The Hall–Kier alpha value is -9.77. The summed E-state index contributed by atoms with van der Waals surface area (Å²) in [5, 5.41) is 7.68. The lowest BCUT2D eigenvalue weighted by Crippen LogP contribution is -2.24. The molecule has 414 valence electrons. The first-order chi connectivity index (χ1) is 38.5. The molecule has 3 aliphatic carbocycles. The van der Waals surface area contributed by atoms with Crippen LogP contribution in [0.2, 0.25) is 0 Å². The van der Waals surface area contributed by atoms with Crippen LogP contribution in [-0.2, 0) is 20.6 Å². The fraction of sp³-hybridized carbons (Fsp3) is 0.156. The lowest BCUT2D eigenvalue weighted by Gasteiger charge is -2.17. The number of alkyl halides is 3. The van der Waals surface area contributed by atoms with Crippen LogP contribution in [0.15, 0.2) is 181 Å². The summed E-state index contributed by atoms with van der Waals surface area (Å²) >= 11 is 0. The van der Waals surface area contributed by atoms with E-state index in [9.17, 15) is 50.7 Å². The van der Waals surface area contributed by atoms with E-state index in [1.807, 2.05) is 65.8 Å². The summed E-state index contributed by atoms with van der Waals surface area (Å²) < 4.78 is 84.5. The van der Waals surface area contributed by atoms with Gasteiger partial charge in [-0.25, -0.2) is 8.78 Å². The van der Waals surface area contributed by atoms with Crippen molar-refractivity contribution in [3.63, 3.8) is 0 Å². The van der Waals surface area contributed by atoms with Gasteiger partial charge in [0, 0.05) is 54.6 Å². The number of carbonyl (C=O) groups is 6. The molecule has 0 fully saturated rings. The Labute approximate surface area is 464 Å². The van der Waals surface area contributed by atoms with E-state index in [-0.39, 0.29) is 63.4 Å². The molecule has 0 aliphatic heterocycles. The summed E-state index contributed by atoms with van der Waals surface area (Å²) in [6, 6.07) is 26.7. The van der Waals surface area contributed by atoms with Gasteiger partial charge in [0.25, 0.3) is 17.7 Å². The summed E-state index contributed by atoms with van der Waals surface area (Å²) in [6.45, 7) is 11.5. The zero-order valence-corrected chi connectivity index (χ0v) is 44.8. The molecular weight excluding hydrogens is 1050 g/mol. The van der Waals surface area contributed by atoms with Crippen molar-refractivity contribution in [1.29, 1.82) is 0 Å². The van der Waals surface area contributed by atoms with Gasteiger partial charge in [0.1, 0.15) is 46.1 Å². The van der Waals surface area contributed by atoms with Gasteiger partial charge in [-0.05, 0) is 172 Å². The molecule has 81 heavy (non-hydrogen) atoms. The number of allylic oxidation sites excluding steroid dienone is 9. The molecule has 0 aromatic heterocycles. The van der Waals surface area contributed by atoms with Crippen molar-refractivity contribution in [3.8, 4) is 34.5 Å². The number of aryl methyl sites for hydroxylation is 5. The maximum Gasteiger partial charge on any atom is 0.416 e. The minimum Gasteiger partial charge on any atom is -0.457 e. The summed E-state index contributed by atoms with van der Waals surface area (Å²) in [5.74, 6) is -1.37. The first-order valence-electron chi connectivity index (χ1n) is 25.2. The molecule has 0 radical (unpaired) electrons. The van der Waals surface area contributed by atoms with Gasteiger partial charge in [0.2, 0.25) is 0 Å². The average molecular weight is 1100 g/mol. The molecule has 3 N–H and O–H groups in total. The molecule has 6 aromatic rings. The largest absolute Gasteiger partial charge is 0.457 e. The minimum absolute atomic E-state index is 0.0152. The van der Waals surface area contributed by atoms with Crippen LogP contribution in [-0.4, -0.2) is 35.1 Å². The normalized spacial score (nSPS) is 13.5. The second kappa shape index (κ2) is 26.3. The van der Waals surface area contributed by atoms with E-state index in [1.54, 1.807) is 60.7 Å². The molecule has 17 heteroatoms. The molecular formula is C64H54F5N3O9. The topological polar surface area (TPSA) is 166 Å². The van der Waals surface area contributed by atoms with Crippen LogP contribution in [0.1, 0.15) is 89.3 Å². The molecule has 0 unspecified atom stereocenters. The highest BCUT2D eigenvalue weighted by Gasteiger charge is 2.32. The lowest BCUT2D eigenvalue weighted by atomic mass is 10.1. The predicted molar refractivity (Wildman–Crippen MR) is 295 cm³/mol. The second-order valence-corrected chi connectivity index (χ2v) is 18.9. The molecule has 0 atom stereocenters. The van der Waals surface area contributed by atoms with Gasteiger partial charge in [-0.1, -0.05) is 48.6 Å². The van der Waals surface area contributed by atoms with E-state index in [0.717, 1.165) is 63.7 Å². The first-order valence-corrected chi connectivity index (χ1v) is 25.2. The number of halogens is 5. The van der Waals surface area contributed by atoms with E-state index in [2.05, 4.69) is 16.0 Å². The first kappa shape index (κ1) is 58.9. The van der Waals surface area contributed by atoms with Crippen molar-refractivity contribution in [3.05, 3.63) is 248 Å². The summed E-state index contributed by atoms with van der Waals surface area (Å²) in [7, 11) is 0. The van der Waals surface area contributed by atoms with Crippen LogP contribution in [0.25, 0.3) is 0 Å². The van der Waals surface area contributed by atoms with E-state index in [1.165, 1.54) is 48.6 Å². The average Bonchev–Trinajstić information content (AvgIpc) is 3.58. The summed E-state index contributed by atoms with van der Waals surface area (Å²) in [6.07, 6.45) is 9.84. The third-order valence-corrected chi connectivity index (χ3v) is 12.5. The van der Waals surface area contributed by atoms with E-state index in [4.69, 9.17) is 14.2 Å². The Kier molecular flexibility index (Phi) is 19.1. The number of carbonyl (C=O) groups excluding carboxylic acids is 6. The molecule has 12 nitrogen and oxygen atoms in total. The number of hydrogen-bond acceptors (Lipinski definition) is 9. The number of amides is 3. The van der Waals surface area contributed by atoms with E-state index in [0.29, 0.717) is 41.5 Å². The van der Waals surface area contributed by atoms with Gasteiger partial charge in [0.05, 0.1) is 22.3 Å². The van der Waals surface area contributed by atoms with Crippen molar-refractivity contribution in [1.82, 2.24) is 16.0 Å². The van der Waals surface area contributed by atoms with Crippen molar-refractivity contribution in [2.24, 2.45) is 0 Å². The summed E-state index contributed by atoms with van der Waals surface area (Å²) in [4.78, 5) is 72.3. The van der Waals surface area contributed by atoms with Crippen LogP contribution in [0.3, 0.4) is 0 Å². The molecule has 9 rings (SSSR count). The van der Waals surface area contributed by atoms with Crippen molar-refractivity contribution in [2.75, 3.05) is 0 Å². The number of benzene rings is 6. The maximum atomic E-state index is 13.8. The molecule has 0 saturated heterocycles. The quantitative estimate of drug-likeness (QED) is 0.101. The van der Waals surface area contributed by atoms with Crippen LogP contribution in [0, 0.1) is 53.2 Å². The molecule has 0 saturated carbocycles. The highest BCUT2D eigenvalue weighted by molar-refractivity contribution is 6.02. The Balaban J connectivity index is 0.000000176. The fourth-order valence-corrected chi connectivity index (χ4v) is 8.09. The number of ketones is 3. The summed E-state index contributed by atoms with van der Waals surface area (Å²) in [5.41, 5.74) is 5.61. The van der Waals surface area contributed by atoms with Gasteiger partial charge in [-0.3, -0.25) is 28.8 Å². The second-order valence-electron chi connectivity index (χ2n) is 18.9. The Morgan fingerprint density at radius 3 is 1.35 bits per heavy atom. The highest BCUT2D eigenvalue weighted by atomic mass is 19.4. The monoisotopic (exact) mass is 1100 g/mol. The molecule has 3 amide bonds. The Bertz CT molecular complexity index is 3670. The lowest BCUT2D eigenvalue weighted by molar-refractivity contribution is -0.137. The smallest absolute Gasteiger partial charge is 0.416 e. The number of hydrogen-bond donors (Lipinski definition) is 3. The molecule has 0 bridgehead atoms. The Morgan fingerprint density at radius 1 is 0.444 bits per heavy atom. The zero-order chi connectivity index (χ0) is 58.5. The standard InChI is InChI=1S/C23H20F3NO3.C22H20FNO3.C19H14FNO3/c1-13-9-15(3)21(10-14(13)2)30-20-8-7-16(23(24,25)26)11-19(20)22(29)27-17-5-4-6-18(28)12-17;1-13-9-14(2)15(3)21(10-13)27-20-8-7-16(23)11-19(20)22(26)24-17-5-4-6-18(25)12-17;20-13-9-10-18(24-16-7-2-1-3-8-16)17(11-13)19(23)21-14-5-4-6-15(22)12-14/h4-5,7-12H,6H2,1-3H3,(H,27,29);4-5,7-12H,6H2,1-3H3,(H,24,26);1-5,7-12H,6H2,(H,21,23). The third kappa shape index (κ3) is 16.4. The van der Waals surface area contributed by atoms with Crippen LogP contribution < -0.4 is 30.2 Å². The van der Waals surface area contributed by atoms with Crippen molar-refractivity contribution in [2.45, 2.75) is 67.0 Å². The minimum atomic E-state index is -4.62. The number of nitrogens with one attached hydrogen (secondary N) is 3. The zero-order valence-electron chi connectivity index (χ0n) is 44.8. The van der Waals surface area contributed by atoms with Gasteiger partial charge in [0.15, 0.2) is 17.3 Å². The van der Waals surface area contributed by atoms with Crippen LogP contribution in [0.4, 0.5) is 22.0 Å². The van der Waals surface area contributed by atoms with Crippen LogP contribution in [0.5, 0.6) is 34.5 Å². The van der Waals surface area contributed by atoms with E-state index >= 15 is 0 Å². The number of para-hydroxylation sites is 1. The number of ether oxygens (including phenoxy) is 3. The van der Waals surface area contributed by atoms with Gasteiger partial charge in [-0.2, -0.15) is 13.2 Å². The predicted octanol–water partition coefficient (Wildman–Crippen LogP) is 14.0. The molecule has 3 aliphatic rings. The third-order valence-electron chi connectivity index (χ3n) is 12.5. The van der Waals surface area contributed by atoms with Crippen molar-refractivity contribution < 1.29 is 64.9 Å². The fourth-order valence-electron chi connectivity index (χ4n) is 8.09. The van der Waals surface area contributed by atoms with Gasteiger partial charge >= 0.3 is 6.18 Å². The van der Waals surface area contributed by atoms with Gasteiger partial charge < -0.3 is 30.2 Å². The SMILES string of the molecule is Cc1cc(C)c(C)c(Oc2ccc(F)cc2C(=O)NC2=CC(=O)CC=C2)c1.Cc1cc(C)c(Oc2ccc(C(F)(F)F)cc2C(=O)NC2=CC(=O)CC=C2)cc1C.O=C1C=C(NC(=O)c2cc(F)ccc2Oc2ccccc2)C=CC1. The van der Waals surface area contributed by atoms with Gasteiger partial charge in [-0.15, -0.1) is 0 Å². The highest BCUT2D eigenvalue weighted by Crippen LogP contribution is 2.37. The van der Waals surface area contributed by atoms with Crippen molar-refractivity contribution >= 4 is 35.1 Å². The number of rotatable bonds is 12. The molecule has 0 heterocycles. The molecule has 0 spiro atoms. The maximum absolute atomic E-state index is 13.8. The van der Waals surface area contributed by atoms with Crippen LogP contribution >= 0.6 is 0 Å². The Morgan fingerprint density at radius 2 is 0.877 bits per heavy atom.